The highest BCUT2D eigenvalue weighted by atomic mass is 19.1. The van der Waals surface area contributed by atoms with Crippen LogP contribution in [0.3, 0.4) is 0 Å². The van der Waals surface area contributed by atoms with Crippen molar-refractivity contribution in [1.29, 1.82) is 0 Å². The van der Waals surface area contributed by atoms with Gasteiger partial charge in [0.05, 0.1) is 0 Å². The Morgan fingerprint density at radius 3 is 2.53 bits per heavy atom. The van der Waals surface area contributed by atoms with Gasteiger partial charge in [-0.3, -0.25) is 0 Å². The molecule has 1 N–H and O–H groups in total. The van der Waals surface area contributed by atoms with Crippen molar-refractivity contribution in [1.82, 2.24) is 5.32 Å². The average molecular weight is 235 g/mol. The molecule has 1 fully saturated rings. The van der Waals surface area contributed by atoms with Crippen LogP contribution in [0.1, 0.15) is 44.7 Å². The lowest BCUT2D eigenvalue weighted by molar-refractivity contribution is 0.364. The zero-order chi connectivity index (χ0) is 12.3. The first-order valence-electron chi connectivity index (χ1n) is 6.69. The normalized spacial score (nSPS) is 26.1. The van der Waals surface area contributed by atoms with Crippen LogP contribution < -0.4 is 5.32 Å². The monoisotopic (exact) mass is 235 g/mol. The Morgan fingerprint density at radius 1 is 1.29 bits per heavy atom. The van der Waals surface area contributed by atoms with Crippen molar-refractivity contribution in [2.24, 2.45) is 11.8 Å². The number of hydrogen-bond donors (Lipinski definition) is 1. The third-order valence-electron chi connectivity index (χ3n) is 3.86. The molecule has 1 nitrogen and oxygen atoms in total. The summed E-state index contributed by atoms with van der Waals surface area (Å²) in [7, 11) is 0. The van der Waals surface area contributed by atoms with Crippen LogP contribution in [0.15, 0.2) is 24.3 Å². The molecule has 0 bridgehead atoms. The van der Waals surface area contributed by atoms with E-state index in [-0.39, 0.29) is 5.82 Å². The van der Waals surface area contributed by atoms with E-state index in [0.29, 0.717) is 12.0 Å². The maximum Gasteiger partial charge on any atom is 0.123 e. The molecule has 0 heterocycles. The molecule has 1 aromatic rings. The van der Waals surface area contributed by atoms with E-state index < -0.39 is 0 Å². The van der Waals surface area contributed by atoms with Crippen LogP contribution in [0.2, 0.25) is 0 Å². The predicted molar refractivity (Wildman–Crippen MR) is 69.3 cm³/mol. The SMILES string of the molecule is CCNC(c1ccc(F)cc1)C1CCC(C)C1. The summed E-state index contributed by atoms with van der Waals surface area (Å²) in [6.07, 6.45) is 3.90. The van der Waals surface area contributed by atoms with Crippen LogP contribution in [-0.4, -0.2) is 6.54 Å². The summed E-state index contributed by atoms with van der Waals surface area (Å²) in [5.74, 6) is 1.39. The average Bonchev–Trinajstić information content (AvgIpc) is 2.74. The molecule has 0 aliphatic heterocycles. The molecule has 17 heavy (non-hydrogen) atoms. The van der Waals surface area contributed by atoms with Gasteiger partial charge in [-0.05, 0) is 48.9 Å². The lowest BCUT2D eigenvalue weighted by atomic mass is 9.91. The zero-order valence-corrected chi connectivity index (χ0v) is 10.7. The van der Waals surface area contributed by atoms with Crippen molar-refractivity contribution in [2.45, 2.75) is 39.2 Å². The second-order valence-corrected chi connectivity index (χ2v) is 5.27. The molecule has 3 atom stereocenters. The van der Waals surface area contributed by atoms with Crippen molar-refractivity contribution >= 4 is 0 Å². The Bertz CT molecular complexity index is 346. The lowest BCUT2D eigenvalue weighted by Crippen LogP contribution is -2.27. The van der Waals surface area contributed by atoms with Crippen LogP contribution in [0, 0.1) is 17.7 Å². The van der Waals surface area contributed by atoms with Crippen LogP contribution in [0.5, 0.6) is 0 Å². The molecule has 1 saturated carbocycles. The number of halogens is 1. The third kappa shape index (κ3) is 3.06. The first-order chi connectivity index (χ1) is 8.20. The highest BCUT2D eigenvalue weighted by molar-refractivity contribution is 5.21. The predicted octanol–water partition coefficient (Wildman–Crippen LogP) is 3.91. The minimum Gasteiger partial charge on any atom is -0.310 e. The summed E-state index contributed by atoms with van der Waals surface area (Å²) in [6.45, 7) is 5.43. The minimum atomic E-state index is -0.149. The molecule has 0 amide bonds. The Morgan fingerprint density at radius 2 is 2.00 bits per heavy atom. The molecule has 3 unspecified atom stereocenters. The molecule has 0 radical (unpaired) electrons. The molecule has 94 valence electrons. The molecule has 2 rings (SSSR count). The van der Waals surface area contributed by atoms with Crippen molar-refractivity contribution in [2.75, 3.05) is 6.54 Å². The minimum absolute atomic E-state index is 0.149. The van der Waals surface area contributed by atoms with Gasteiger partial charge in [0.15, 0.2) is 0 Å². The van der Waals surface area contributed by atoms with Crippen LogP contribution >= 0.6 is 0 Å². The quantitative estimate of drug-likeness (QED) is 0.834. The van der Waals surface area contributed by atoms with Crippen molar-refractivity contribution in [3.05, 3.63) is 35.6 Å². The molecule has 1 aliphatic rings. The van der Waals surface area contributed by atoms with Gasteiger partial charge in [-0.1, -0.05) is 32.4 Å². The fraction of sp³-hybridized carbons (Fsp3) is 0.600. The van der Waals surface area contributed by atoms with E-state index in [1.54, 1.807) is 12.1 Å². The summed E-state index contributed by atoms with van der Waals surface area (Å²) < 4.78 is 13.0. The topological polar surface area (TPSA) is 12.0 Å². The zero-order valence-electron chi connectivity index (χ0n) is 10.7. The van der Waals surface area contributed by atoms with E-state index in [1.807, 2.05) is 12.1 Å². The Balaban J connectivity index is 2.13. The van der Waals surface area contributed by atoms with Gasteiger partial charge in [-0.15, -0.1) is 0 Å². The van der Waals surface area contributed by atoms with Gasteiger partial charge in [0, 0.05) is 6.04 Å². The van der Waals surface area contributed by atoms with Gasteiger partial charge in [0.1, 0.15) is 5.82 Å². The van der Waals surface area contributed by atoms with Crippen molar-refractivity contribution < 1.29 is 4.39 Å². The number of benzene rings is 1. The van der Waals surface area contributed by atoms with E-state index >= 15 is 0 Å². The van der Waals surface area contributed by atoms with E-state index in [4.69, 9.17) is 0 Å². The van der Waals surface area contributed by atoms with Crippen LogP contribution in [0.4, 0.5) is 4.39 Å². The summed E-state index contributed by atoms with van der Waals surface area (Å²) in [5, 5.41) is 3.56. The molecule has 1 aliphatic carbocycles. The van der Waals surface area contributed by atoms with Crippen molar-refractivity contribution in [3.8, 4) is 0 Å². The van der Waals surface area contributed by atoms with E-state index in [9.17, 15) is 4.39 Å². The summed E-state index contributed by atoms with van der Waals surface area (Å²) in [5.41, 5.74) is 1.23. The highest BCUT2D eigenvalue weighted by Crippen LogP contribution is 2.38. The van der Waals surface area contributed by atoms with Gasteiger partial charge in [0.25, 0.3) is 0 Å². The Labute approximate surface area is 103 Å². The summed E-state index contributed by atoms with van der Waals surface area (Å²) >= 11 is 0. The molecule has 0 saturated heterocycles. The fourth-order valence-corrected chi connectivity index (χ4v) is 3.00. The number of rotatable bonds is 4. The van der Waals surface area contributed by atoms with E-state index in [0.717, 1.165) is 12.5 Å². The summed E-state index contributed by atoms with van der Waals surface area (Å²) in [4.78, 5) is 0. The van der Waals surface area contributed by atoms with Crippen molar-refractivity contribution in [3.63, 3.8) is 0 Å². The van der Waals surface area contributed by atoms with Gasteiger partial charge >= 0.3 is 0 Å². The maximum absolute atomic E-state index is 13.0. The smallest absolute Gasteiger partial charge is 0.123 e. The maximum atomic E-state index is 13.0. The molecular weight excluding hydrogens is 213 g/mol. The van der Waals surface area contributed by atoms with E-state index in [2.05, 4.69) is 19.2 Å². The highest BCUT2D eigenvalue weighted by Gasteiger charge is 2.29. The van der Waals surface area contributed by atoms with Gasteiger partial charge in [-0.2, -0.15) is 0 Å². The Hall–Kier alpha value is -0.890. The van der Waals surface area contributed by atoms with Gasteiger partial charge in [-0.25, -0.2) is 4.39 Å². The molecule has 1 aromatic carbocycles. The van der Waals surface area contributed by atoms with E-state index in [1.165, 1.54) is 24.8 Å². The van der Waals surface area contributed by atoms with Crippen LogP contribution in [0.25, 0.3) is 0 Å². The first-order valence-corrected chi connectivity index (χ1v) is 6.69. The standard InChI is InChI=1S/C15H22FN/c1-3-17-15(13-5-4-11(2)10-13)12-6-8-14(16)9-7-12/h6-9,11,13,15,17H,3-5,10H2,1-2H3. The largest absolute Gasteiger partial charge is 0.310 e. The Kier molecular flexibility index (Phi) is 4.16. The molecule has 0 spiro atoms. The number of hydrogen-bond acceptors (Lipinski definition) is 1. The number of nitrogens with one attached hydrogen (secondary N) is 1. The molecular formula is C15H22FN. The summed E-state index contributed by atoms with van der Waals surface area (Å²) in [6, 6.07) is 7.37. The second kappa shape index (κ2) is 5.63. The second-order valence-electron chi connectivity index (χ2n) is 5.27. The third-order valence-corrected chi connectivity index (χ3v) is 3.86. The first kappa shape index (κ1) is 12.6. The molecule has 2 heteroatoms. The van der Waals surface area contributed by atoms with Gasteiger partial charge in [0.2, 0.25) is 0 Å². The molecule has 0 aromatic heterocycles. The lowest BCUT2D eigenvalue weighted by Gasteiger charge is -2.25. The van der Waals surface area contributed by atoms with Gasteiger partial charge < -0.3 is 5.32 Å². The fourth-order valence-electron chi connectivity index (χ4n) is 3.00. The van der Waals surface area contributed by atoms with Crippen LogP contribution in [-0.2, 0) is 0 Å².